The van der Waals surface area contributed by atoms with Crippen LogP contribution in [0.1, 0.15) is 30.4 Å². The van der Waals surface area contributed by atoms with E-state index in [9.17, 15) is 4.79 Å². The van der Waals surface area contributed by atoms with Gasteiger partial charge in [0, 0.05) is 32.7 Å². The first kappa shape index (κ1) is 16.1. The predicted octanol–water partition coefficient (Wildman–Crippen LogP) is 3.56. The number of anilines is 1. The fraction of sp³-hybridized carbons (Fsp3) is 0.316. The molecule has 2 aromatic rings. The molecule has 1 amide bonds. The maximum Gasteiger partial charge on any atom is 0.220 e. The lowest BCUT2D eigenvalue weighted by molar-refractivity contribution is -0.121. The number of carbonyl (C=O) groups excluding carboxylic acids is 1. The average molecular weight is 296 g/mol. The molecule has 0 aliphatic rings. The third-order valence-corrected chi connectivity index (χ3v) is 3.80. The molecular weight excluding hydrogens is 272 g/mol. The van der Waals surface area contributed by atoms with E-state index in [2.05, 4.69) is 53.5 Å². The molecule has 0 saturated carbocycles. The summed E-state index contributed by atoms with van der Waals surface area (Å²) in [6, 6.07) is 18.4. The van der Waals surface area contributed by atoms with Gasteiger partial charge in [0.1, 0.15) is 0 Å². The van der Waals surface area contributed by atoms with Gasteiger partial charge in [-0.3, -0.25) is 4.79 Å². The second kappa shape index (κ2) is 7.64. The first-order valence-electron chi connectivity index (χ1n) is 7.64. The summed E-state index contributed by atoms with van der Waals surface area (Å²) in [4.78, 5) is 14.1. The quantitative estimate of drug-likeness (QED) is 0.884. The largest absolute Gasteiger partial charge is 0.378 e. The second-order valence-electron chi connectivity index (χ2n) is 5.85. The second-order valence-corrected chi connectivity index (χ2v) is 5.85. The molecule has 0 saturated heterocycles. The molecule has 1 atom stereocenters. The van der Waals surface area contributed by atoms with E-state index in [0.717, 1.165) is 11.3 Å². The van der Waals surface area contributed by atoms with E-state index >= 15 is 0 Å². The Hall–Kier alpha value is -2.29. The lowest BCUT2D eigenvalue weighted by Gasteiger charge is -2.14. The van der Waals surface area contributed by atoms with E-state index < -0.39 is 0 Å². The molecule has 0 heterocycles. The molecular formula is C19H24N2O. The SMILES string of the molecule is C[C@H](CC(=O)NCc1ccc(N(C)C)cc1)c1ccccc1. The minimum atomic E-state index is 0.0908. The average Bonchev–Trinajstić information content (AvgIpc) is 2.54. The number of amides is 1. The van der Waals surface area contributed by atoms with Gasteiger partial charge in [-0.2, -0.15) is 0 Å². The van der Waals surface area contributed by atoms with Crippen molar-refractivity contribution in [2.24, 2.45) is 0 Å². The van der Waals surface area contributed by atoms with Gasteiger partial charge >= 0.3 is 0 Å². The third kappa shape index (κ3) is 4.62. The van der Waals surface area contributed by atoms with E-state index in [4.69, 9.17) is 0 Å². The van der Waals surface area contributed by atoms with Gasteiger partial charge in [-0.15, -0.1) is 0 Å². The summed E-state index contributed by atoms with van der Waals surface area (Å²) in [7, 11) is 4.03. The normalized spacial score (nSPS) is 11.8. The van der Waals surface area contributed by atoms with Crippen LogP contribution >= 0.6 is 0 Å². The monoisotopic (exact) mass is 296 g/mol. The number of benzene rings is 2. The number of nitrogens with zero attached hydrogens (tertiary/aromatic N) is 1. The first-order chi connectivity index (χ1) is 10.6. The van der Waals surface area contributed by atoms with Crippen LogP contribution in [0.5, 0.6) is 0 Å². The Morgan fingerprint density at radius 3 is 2.27 bits per heavy atom. The van der Waals surface area contributed by atoms with Crippen molar-refractivity contribution in [3.8, 4) is 0 Å². The van der Waals surface area contributed by atoms with Crippen LogP contribution < -0.4 is 10.2 Å². The van der Waals surface area contributed by atoms with Gasteiger partial charge in [-0.05, 0) is 29.2 Å². The molecule has 2 rings (SSSR count). The minimum absolute atomic E-state index is 0.0908. The number of nitrogens with one attached hydrogen (secondary N) is 1. The van der Waals surface area contributed by atoms with Gasteiger partial charge < -0.3 is 10.2 Å². The van der Waals surface area contributed by atoms with Gasteiger partial charge in [0.25, 0.3) is 0 Å². The molecule has 22 heavy (non-hydrogen) atoms. The van der Waals surface area contributed by atoms with Crippen molar-refractivity contribution in [3.05, 3.63) is 65.7 Å². The van der Waals surface area contributed by atoms with Crippen LogP contribution in [-0.4, -0.2) is 20.0 Å². The summed E-state index contributed by atoms with van der Waals surface area (Å²) >= 11 is 0. The zero-order valence-electron chi connectivity index (χ0n) is 13.5. The van der Waals surface area contributed by atoms with Crippen LogP contribution in [0.2, 0.25) is 0 Å². The van der Waals surface area contributed by atoms with Gasteiger partial charge in [0.05, 0.1) is 0 Å². The molecule has 116 valence electrons. The number of hydrogen-bond acceptors (Lipinski definition) is 2. The van der Waals surface area contributed by atoms with Gasteiger partial charge in [-0.25, -0.2) is 0 Å². The van der Waals surface area contributed by atoms with Crippen molar-refractivity contribution in [3.63, 3.8) is 0 Å². The Morgan fingerprint density at radius 2 is 1.68 bits per heavy atom. The smallest absolute Gasteiger partial charge is 0.220 e. The lowest BCUT2D eigenvalue weighted by atomic mass is 9.97. The zero-order chi connectivity index (χ0) is 15.9. The molecule has 0 spiro atoms. The fourth-order valence-corrected chi connectivity index (χ4v) is 2.36. The van der Waals surface area contributed by atoms with Crippen molar-refractivity contribution in [2.45, 2.75) is 25.8 Å². The van der Waals surface area contributed by atoms with Crippen molar-refractivity contribution < 1.29 is 4.79 Å². The molecule has 2 aromatic carbocycles. The Labute approximate surface area is 133 Å². The third-order valence-electron chi connectivity index (χ3n) is 3.80. The van der Waals surface area contributed by atoms with Gasteiger partial charge in [0.2, 0.25) is 5.91 Å². The topological polar surface area (TPSA) is 32.3 Å². The van der Waals surface area contributed by atoms with Crippen LogP contribution in [0.3, 0.4) is 0 Å². The maximum atomic E-state index is 12.1. The lowest BCUT2D eigenvalue weighted by Crippen LogP contribution is -2.24. The summed E-state index contributed by atoms with van der Waals surface area (Å²) in [5.41, 5.74) is 3.48. The van der Waals surface area contributed by atoms with Crippen LogP contribution in [0, 0.1) is 0 Å². The number of hydrogen-bond donors (Lipinski definition) is 1. The van der Waals surface area contributed by atoms with E-state index in [-0.39, 0.29) is 11.8 Å². The fourth-order valence-electron chi connectivity index (χ4n) is 2.36. The molecule has 3 nitrogen and oxygen atoms in total. The minimum Gasteiger partial charge on any atom is -0.378 e. The summed E-state index contributed by atoms with van der Waals surface area (Å²) in [5, 5.41) is 3.00. The van der Waals surface area contributed by atoms with Crippen LogP contribution in [0.25, 0.3) is 0 Å². The highest BCUT2D eigenvalue weighted by molar-refractivity contribution is 5.76. The van der Waals surface area contributed by atoms with E-state index in [0.29, 0.717) is 13.0 Å². The Bertz CT molecular complexity index is 591. The summed E-state index contributed by atoms with van der Waals surface area (Å²) in [6.07, 6.45) is 0.514. The zero-order valence-corrected chi connectivity index (χ0v) is 13.5. The molecule has 0 aliphatic carbocycles. The molecule has 0 unspecified atom stereocenters. The summed E-state index contributed by atoms with van der Waals surface area (Å²) < 4.78 is 0. The Morgan fingerprint density at radius 1 is 1.05 bits per heavy atom. The molecule has 0 aromatic heterocycles. The number of rotatable bonds is 6. The first-order valence-corrected chi connectivity index (χ1v) is 7.64. The Balaban J connectivity index is 1.82. The van der Waals surface area contributed by atoms with Gasteiger partial charge in [-0.1, -0.05) is 49.4 Å². The van der Waals surface area contributed by atoms with E-state index in [1.54, 1.807) is 0 Å². The summed E-state index contributed by atoms with van der Waals surface area (Å²) in [6.45, 7) is 2.66. The van der Waals surface area contributed by atoms with Crippen molar-refractivity contribution in [1.82, 2.24) is 5.32 Å². The standard InChI is InChI=1S/C19H24N2O/c1-15(17-7-5-4-6-8-17)13-19(22)20-14-16-9-11-18(12-10-16)21(2)3/h4-12,15H,13-14H2,1-3H3,(H,20,22)/t15-/m1/s1. The van der Waals surface area contributed by atoms with E-state index in [1.807, 2.05) is 32.3 Å². The maximum absolute atomic E-state index is 12.1. The van der Waals surface area contributed by atoms with Crippen molar-refractivity contribution in [2.75, 3.05) is 19.0 Å². The molecule has 0 radical (unpaired) electrons. The molecule has 3 heteroatoms. The molecule has 0 fully saturated rings. The number of carbonyl (C=O) groups is 1. The highest BCUT2D eigenvalue weighted by atomic mass is 16.1. The van der Waals surface area contributed by atoms with Gasteiger partial charge in [0.15, 0.2) is 0 Å². The molecule has 0 bridgehead atoms. The van der Waals surface area contributed by atoms with Crippen molar-refractivity contribution >= 4 is 11.6 Å². The highest BCUT2D eigenvalue weighted by Crippen LogP contribution is 2.18. The summed E-state index contributed by atoms with van der Waals surface area (Å²) in [5.74, 6) is 0.324. The Kier molecular flexibility index (Phi) is 5.59. The van der Waals surface area contributed by atoms with E-state index in [1.165, 1.54) is 5.56 Å². The van der Waals surface area contributed by atoms with Crippen LogP contribution in [0.15, 0.2) is 54.6 Å². The predicted molar refractivity (Wildman–Crippen MR) is 92.1 cm³/mol. The van der Waals surface area contributed by atoms with Crippen molar-refractivity contribution in [1.29, 1.82) is 0 Å². The molecule has 0 aliphatic heterocycles. The van der Waals surface area contributed by atoms with Crippen LogP contribution in [0.4, 0.5) is 5.69 Å². The molecule has 1 N–H and O–H groups in total. The van der Waals surface area contributed by atoms with Crippen LogP contribution in [-0.2, 0) is 11.3 Å². The highest BCUT2D eigenvalue weighted by Gasteiger charge is 2.10.